The van der Waals surface area contributed by atoms with E-state index in [0.717, 1.165) is 16.2 Å². The molecule has 0 saturated carbocycles. The summed E-state index contributed by atoms with van der Waals surface area (Å²) < 4.78 is 0.746. The van der Waals surface area contributed by atoms with Crippen LogP contribution in [0.5, 0.6) is 0 Å². The predicted molar refractivity (Wildman–Crippen MR) is 74.6 cm³/mol. The Morgan fingerprint density at radius 3 is 2.63 bits per heavy atom. The van der Waals surface area contributed by atoms with Crippen molar-refractivity contribution in [2.24, 2.45) is 0 Å². The molecule has 8 heteroatoms. The first-order valence-electron chi connectivity index (χ1n) is 5.91. The van der Waals surface area contributed by atoms with Gasteiger partial charge in [0.15, 0.2) is 5.82 Å². The van der Waals surface area contributed by atoms with Crippen LogP contribution < -0.4 is 5.32 Å². The Hall–Kier alpha value is -1.57. The van der Waals surface area contributed by atoms with Gasteiger partial charge in [-0.3, -0.25) is 0 Å². The number of rotatable bonds is 3. The van der Waals surface area contributed by atoms with Gasteiger partial charge in [-0.15, -0.1) is 10.2 Å². The molecule has 2 rings (SSSR count). The average molecular weight is 326 g/mol. The van der Waals surface area contributed by atoms with E-state index < -0.39 is 0 Å². The number of halogens is 1. The number of aromatic amines is 1. The van der Waals surface area contributed by atoms with Gasteiger partial charge in [0.25, 0.3) is 0 Å². The van der Waals surface area contributed by atoms with Crippen molar-refractivity contribution in [3.8, 4) is 0 Å². The van der Waals surface area contributed by atoms with Crippen LogP contribution in [0.1, 0.15) is 45.4 Å². The number of hydrogen-bond acceptors (Lipinski definition) is 6. The lowest BCUT2D eigenvalue weighted by Crippen LogP contribution is -2.18. The van der Waals surface area contributed by atoms with Crippen LogP contribution in [-0.2, 0) is 5.41 Å². The monoisotopic (exact) mass is 325 g/mol. The molecule has 2 aromatic rings. The number of H-pyrrole nitrogens is 1. The zero-order valence-electron chi connectivity index (χ0n) is 11.3. The van der Waals surface area contributed by atoms with Gasteiger partial charge in [0.2, 0.25) is 0 Å². The maximum absolute atomic E-state index is 4.52. The number of tetrazole rings is 1. The highest BCUT2D eigenvalue weighted by molar-refractivity contribution is 9.10. The summed E-state index contributed by atoms with van der Waals surface area (Å²) in [6.07, 6.45) is 0. The van der Waals surface area contributed by atoms with Crippen LogP contribution in [0.25, 0.3) is 0 Å². The first-order chi connectivity index (χ1) is 8.86. The van der Waals surface area contributed by atoms with Crippen molar-refractivity contribution in [3.05, 3.63) is 22.3 Å². The molecule has 0 radical (unpaired) electrons. The number of nitrogens with one attached hydrogen (secondary N) is 2. The summed E-state index contributed by atoms with van der Waals surface area (Å²) in [4.78, 5) is 8.91. The van der Waals surface area contributed by atoms with Crippen LogP contribution in [0.3, 0.4) is 0 Å². The second-order valence-corrected chi connectivity index (χ2v) is 6.10. The maximum atomic E-state index is 4.52. The number of anilines is 1. The lowest BCUT2D eigenvalue weighted by Gasteiger charge is -2.19. The Bertz CT molecular complexity index is 547. The van der Waals surface area contributed by atoms with Crippen molar-refractivity contribution in [2.75, 3.05) is 5.32 Å². The molecule has 0 fully saturated rings. The van der Waals surface area contributed by atoms with Crippen LogP contribution in [0, 0.1) is 0 Å². The lowest BCUT2D eigenvalue weighted by atomic mass is 9.96. The summed E-state index contributed by atoms with van der Waals surface area (Å²) in [5.41, 5.74) is -0.115. The van der Waals surface area contributed by atoms with E-state index in [1.807, 2.05) is 13.0 Å². The van der Waals surface area contributed by atoms with E-state index in [2.05, 4.69) is 72.6 Å². The fraction of sp³-hybridized carbons (Fsp3) is 0.545. The Morgan fingerprint density at radius 1 is 1.32 bits per heavy atom. The van der Waals surface area contributed by atoms with Crippen molar-refractivity contribution >= 4 is 21.7 Å². The maximum Gasteiger partial charge on any atom is 0.196 e. The molecule has 2 aromatic heterocycles. The third-order valence-corrected chi connectivity index (χ3v) is 2.89. The molecule has 0 aliphatic heterocycles. The van der Waals surface area contributed by atoms with Gasteiger partial charge in [-0.2, -0.15) is 5.21 Å². The largest absolute Gasteiger partial charge is 0.360 e. The molecule has 0 saturated heterocycles. The minimum atomic E-state index is -0.115. The first kappa shape index (κ1) is 13.9. The molecule has 0 aliphatic rings. The van der Waals surface area contributed by atoms with E-state index in [1.165, 1.54) is 0 Å². The highest BCUT2D eigenvalue weighted by Gasteiger charge is 2.19. The zero-order chi connectivity index (χ0) is 14.0. The van der Waals surface area contributed by atoms with Crippen LogP contribution in [-0.4, -0.2) is 30.6 Å². The Balaban J connectivity index is 2.23. The number of hydrogen-bond donors (Lipinski definition) is 2. The summed E-state index contributed by atoms with van der Waals surface area (Å²) in [5, 5.41) is 17.1. The van der Waals surface area contributed by atoms with Gasteiger partial charge in [-0.1, -0.05) is 26.0 Å². The molecule has 102 valence electrons. The Morgan fingerprint density at radius 2 is 2.05 bits per heavy atom. The quantitative estimate of drug-likeness (QED) is 0.840. The first-order valence-corrected chi connectivity index (χ1v) is 6.70. The highest BCUT2D eigenvalue weighted by Crippen LogP contribution is 2.23. The van der Waals surface area contributed by atoms with Crippen molar-refractivity contribution in [3.63, 3.8) is 0 Å². The molecule has 0 aliphatic carbocycles. The smallest absolute Gasteiger partial charge is 0.196 e. The molecule has 2 N–H and O–H groups in total. The van der Waals surface area contributed by atoms with Crippen molar-refractivity contribution in [2.45, 2.75) is 39.2 Å². The average Bonchev–Trinajstić information content (AvgIpc) is 2.80. The standard InChI is InChI=1S/C11H16BrN7/c1-6(9-16-18-19-17-9)13-8-5-7(12)14-10(15-8)11(2,3)4/h5-6H,1-4H3,(H,13,14,15)(H,16,17,18,19). The van der Waals surface area contributed by atoms with Gasteiger partial charge in [-0.25, -0.2) is 9.97 Å². The van der Waals surface area contributed by atoms with Crippen LogP contribution in [0.2, 0.25) is 0 Å². The summed E-state index contributed by atoms with van der Waals surface area (Å²) in [7, 11) is 0. The van der Waals surface area contributed by atoms with Gasteiger partial charge >= 0.3 is 0 Å². The molecule has 0 amide bonds. The predicted octanol–water partition coefficient (Wildman–Crippen LogP) is 2.22. The molecule has 0 bridgehead atoms. The van der Waals surface area contributed by atoms with E-state index >= 15 is 0 Å². The summed E-state index contributed by atoms with van der Waals surface area (Å²) in [6.45, 7) is 8.15. The number of aromatic nitrogens is 6. The molecular weight excluding hydrogens is 310 g/mol. The zero-order valence-corrected chi connectivity index (χ0v) is 12.9. The fourth-order valence-electron chi connectivity index (χ4n) is 1.47. The third-order valence-electron chi connectivity index (χ3n) is 2.48. The van der Waals surface area contributed by atoms with Crippen LogP contribution in [0.4, 0.5) is 5.82 Å². The number of nitrogens with zero attached hydrogens (tertiary/aromatic N) is 5. The summed E-state index contributed by atoms with van der Waals surface area (Å²) in [6, 6.07) is 1.74. The molecule has 19 heavy (non-hydrogen) atoms. The summed E-state index contributed by atoms with van der Waals surface area (Å²) >= 11 is 3.40. The molecule has 2 heterocycles. The van der Waals surface area contributed by atoms with Gasteiger partial charge in [0, 0.05) is 11.5 Å². The van der Waals surface area contributed by atoms with Crippen molar-refractivity contribution in [1.29, 1.82) is 0 Å². The van der Waals surface area contributed by atoms with Crippen LogP contribution >= 0.6 is 15.9 Å². The molecular formula is C11H16BrN7. The molecule has 0 spiro atoms. The Labute approximate surface area is 119 Å². The van der Waals surface area contributed by atoms with Gasteiger partial charge in [-0.05, 0) is 22.9 Å². The van der Waals surface area contributed by atoms with E-state index in [-0.39, 0.29) is 11.5 Å². The molecule has 7 nitrogen and oxygen atoms in total. The second kappa shape index (κ2) is 5.20. The molecule has 0 aromatic carbocycles. The van der Waals surface area contributed by atoms with E-state index in [0.29, 0.717) is 5.82 Å². The normalized spacial score (nSPS) is 13.3. The van der Waals surface area contributed by atoms with Gasteiger partial charge in [0.05, 0.1) is 6.04 Å². The topological polar surface area (TPSA) is 92.3 Å². The Kier molecular flexibility index (Phi) is 3.79. The third kappa shape index (κ3) is 3.46. The summed E-state index contributed by atoms with van der Waals surface area (Å²) in [5.74, 6) is 2.08. The van der Waals surface area contributed by atoms with Crippen LogP contribution in [0.15, 0.2) is 10.7 Å². The molecule has 1 atom stereocenters. The SMILES string of the molecule is CC(Nc1cc(Br)nc(C(C)(C)C)n1)c1nn[nH]n1. The van der Waals surface area contributed by atoms with E-state index in [4.69, 9.17) is 0 Å². The van der Waals surface area contributed by atoms with Gasteiger partial charge < -0.3 is 5.32 Å². The fourth-order valence-corrected chi connectivity index (χ4v) is 1.85. The van der Waals surface area contributed by atoms with E-state index in [1.54, 1.807) is 0 Å². The minimum Gasteiger partial charge on any atom is -0.360 e. The second-order valence-electron chi connectivity index (χ2n) is 5.29. The van der Waals surface area contributed by atoms with Gasteiger partial charge in [0.1, 0.15) is 16.2 Å². The lowest BCUT2D eigenvalue weighted by molar-refractivity contribution is 0.543. The highest BCUT2D eigenvalue weighted by atomic mass is 79.9. The molecule has 1 unspecified atom stereocenters. The van der Waals surface area contributed by atoms with E-state index in [9.17, 15) is 0 Å². The minimum absolute atomic E-state index is 0.0895. The van der Waals surface area contributed by atoms with Crippen molar-refractivity contribution < 1.29 is 0 Å². The van der Waals surface area contributed by atoms with Crippen molar-refractivity contribution in [1.82, 2.24) is 30.6 Å².